The Morgan fingerprint density at radius 1 is 1.22 bits per heavy atom. The molecule has 138 valence electrons. The van der Waals surface area contributed by atoms with Crippen LogP contribution in [0.4, 0.5) is 0 Å². The lowest BCUT2D eigenvalue weighted by Gasteiger charge is -2.08. The molecule has 1 amide bonds. The SMILES string of the molecule is COc1ccccc1/C=N\NC(=O)CSc1cc(C)nc2ccc(C)cc12. The largest absolute Gasteiger partial charge is 0.496 e. The predicted molar refractivity (Wildman–Crippen MR) is 111 cm³/mol. The Morgan fingerprint density at radius 2 is 2.04 bits per heavy atom. The summed E-state index contributed by atoms with van der Waals surface area (Å²) >= 11 is 1.48. The van der Waals surface area contributed by atoms with E-state index in [9.17, 15) is 4.79 Å². The molecule has 0 fully saturated rings. The van der Waals surface area contributed by atoms with Gasteiger partial charge in [-0.3, -0.25) is 9.78 Å². The number of aromatic nitrogens is 1. The number of carbonyl (C=O) groups excluding carboxylic acids is 1. The number of rotatable bonds is 6. The van der Waals surface area contributed by atoms with Gasteiger partial charge in [0.25, 0.3) is 0 Å². The maximum atomic E-state index is 12.2. The van der Waals surface area contributed by atoms with E-state index in [1.54, 1.807) is 13.3 Å². The molecule has 1 heterocycles. The number of fused-ring (bicyclic) bond motifs is 1. The lowest BCUT2D eigenvalue weighted by Crippen LogP contribution is -2.19. The number of para-hydroxylation sites is 1. The highest BCUT2D eigenvalue weighted by Gasteiger charge is 2.08. The molecule has 0 bridgehead atoms. The lowest BCUT2D eigenvalue weighted by molar-refractivity contribution is -0.118. The standard InChI is InChI=1S/C21H21N3O2S/c1-14-8-9-18-17(10-14)20(11-15(2)23-18)27-13-21(25)24-22-12-16-6-4-5-7-19(16)26-3/h4-12H,13H2,1-3H3,(H,24,25)/b22-12-. The minimum absolute atomic E-state index is 0.165. The Labute approximate surface area is 162 Å². The number of ether oxygens (including phenoxy) is 1. The highest BCUT2D eigenvalue weighted by Crippen LogP contribution is 2.28. The molecule has 0 radical (unpaired) electrons. The minimum atomic E-state index is -0.165. The Hall–Kier alpha value is -2.86. The normalized spacial score (nSPS) is 11.1. The molecular weight excluding hydrogens is 358 g/mol. The number of thioether (sulfide) groups is 1. The molecule has 3 rings (SSSR count). The Kier molecular flexibility index (Phi) is 6.08. The van der Waals surface area contributed by atoms with Gasteiger partial charge in [-0.25, -0.2) is 5.43 Å². The van der Waals surface area contributed by atoms with Gasteiger partial charge in [-0.05, 0) is 44.2 Å². The summed E-state index contributed by atoms with van der Waals surface area (Å²) in [4.78, 5) is 17.8. The maximum Gasteiger partial charge on any atom is 0.250 e. The molecule has 0 aliphatic heterocycles. The first-order chi connectivity index (χ1) is 13.1. The summed E-state index contributed by atoms with van der Waals surface area (Å²) < 4.78 is 5.26. The zero-order chi connectivity index (χ0) is 19.2. The highest BCUT2D eigenvalue weighted by atomic mass is 32.2. The number of hydrogen-bond donors (Lipinski definition) is 1. The number of hydrogen-bond acceptors (Lipinski definition) is 5. The molecule has 27 heavy (non-hydrogen) atoms. The van der Waals surface area contributed by atoms with Crippen molar-refractivity contribution in [1.82, 2.24) is 10.4 Å². The van der Waals surface area contributed by atoms with E-state index in [0.29, 0.717) is 5.75 Å². The van der Waals surface area contributed by atoms with Gasteiger partial charge >= 0.3 is 0 Å². The second kappa shape index (κ2) is 8.68. The molecule has 6 heteroatoms. The van der Waals surface area contributed by atoms with Gasteiger partial charge in [0.05, 0.1) is 24.6 Å². The van der Waals surface area contributed by atoms with Crippen LogP contribution in [-0.4, -0.2) is 30.0 Å². The minimum Gasteiger partial charge on any atom is -0.496 e. The first-order valence-electron chi connectivity index (χ1n) is 8.52. The monoisotopic (exact) mass is 379 g/mol. The lowest BCUT2D eigenvalue weighted by atomic mass is 10.1. The molecule has 0 unspecified atom stereocenters. The molecule has 0 atom stereocenters. The van der Waals surface area contributed by atoms with Gasteiger partial charge in [0, 0.05) is 21.5 Å². The molecule has 0 aliphatic carbocycles. The van der Waals surface area contributed by atoms with E-state index >= 15 is 0 Å². The zero-order valence-electron chi connectivity index (χ0n) is 15.5. The third kappa shape index (κ3) is 4.86. The van der Waals surface area contributed by atoms with Crippen LogP contribution in [0.1, 0.15) is 16.8 Å². The van der Waals surface area contributed by atoms with Crippen LogP contribution in [0.25, 0.3) is 10.9 Å². The van der Waals surface area contributed by atoms with Crippen LogP contribution in [0.3, 0.4) is 0 Å². The van der Waals surface area contributed by atoms with Crippen LogP contribution < -0.4 is 10.2 Å². The maximum absolute atomic E-state index is 12.2. The molecule has 0 saturated heterocycles. The van der Waals surface area contributed by atoms with Crippen molar-refractivity contribution >= 4 is 34.8 Å². The van der Waals surface area contributed by atoms with E-state index in [-0.39, 0.29) is 11.7 Å². The molecule has 0 saturated carbocycles. The predicted octanol–water partition coefficient (Wildman–Crippen LogP) is 4.10. The van der Waals surface area contributed by atoms with Crippen molar-refractivity contribution in [3.05, 3.63) is 65.4 Å². The number of nitrogens with one attached hydrogen (secondary N) is 1. The Balaban J connectivity index is 1.65. The average molecular weight is 379 g/mol. The van der Waals surface area contributed by atoms with E-state index in [2.05, 4.69) is 21.6 Å². The first kappa shape index (κ1) is 18.9. The third-order valence-corrected chi connectivity index (χ3v) is 5.00. The van der Waals surface area contributed by atoms with Crippen LogP contribution in [0.5, 0.6) is 5.75 Å². The van der Waals surface area contributed by atoms with Crippen LogP contribution in [0.15, 0.2) is 58.5 Å². The average Bonchev–Trinajstić information content (AvgIpc) is 2.67. The fourth-order valence-corrected chi connectivity index (χ4v) is 3.60. The van der Waals surface area contributed by atoms with Gasteiger partial charge in [-0.15, -0.1) is 11.8 Å². The van der Waals surface area contributed by atoms with E-state index < -0.39 is 0 Å². The molecule has 1 aromatic heterocycles. The molecule has 0 aliphatic rings. The van der Waals surface area contributed by atoms with E-state index in [0.717, 1.165) is 27.1 Å². The number of methoxy groups -OCH3 is 1. The number of carbonyl (C=O) groups is 1. The van der Waals surface area contributed by atoms with E-state index in [4.69, 9.17) is 4.74 Å². The fraction of sp³-hybridized carbons (Fsp3) is 0.190. The zero-order valence-corrected chi connectivity index (χ0v) is 16.3. The first-order valence-corrected chi connectivity index (χ1v) is 9.51. The summed E-state index contributed by atoms with van der Waals surface area (Å²) in [5.41, 5.74) is 6.41. The smallest absolute Gasteiger partial charge is 0.250 e. The van der Waals surface area contributed by atoms with Crippen molar-refractivity contribution in [3.8, 4) is 5.75 Å². The summed E-state index contributed by atoms with van der Waals surface area (Å²) in [6, 6.07) is 15.7. The fourth-order valence-electron chi connectivity index (χ4n) is 2.68. The molecular formula is C21H21N3O2S. The van der Waals surface area contributed by atoms with E-state index in [1.165, 1.54) is 17.3 Å². The molecule has 1 N–H and O–H groups in total. The summed E-state index contributed by atoms with van der Waals surface area (Å²) in [5, 5.41) is 5.09. The Bertz CT molecular complexity index is 1000. The van der Waals surface area contributed by atoms with Gasteiger partial charge in [-0.1, -0.05) is 23.8 Å². The highest BCUT2D eigenvalue weighted by molar-refractivity contribution is 8.00. The number of amides is 1. The summed E-state index contributed by atoms with van der Waals surface area (Å²) in [7, 11) is 1.60. The Morgan fingerprint density at radius 3 is 2.85 bits per heavy atom. The van der Waals surface area contributed by atoms with Crippen molar-refractivity contribution in [2.24, 2.45) is 5.10 Å². The van der Waals surface area contributed by atoms with Crippen LogP contribution in [0.2, 0.25) is 0 Å². The van der Waals surface area contributed by atoms with Gasteiger partial charge < -0.3 is 4.74 Å². The summed E-state index contributed by atoms with van der Waals surface area (Å²) in [6.45, 7) is 4.01. The molecule has 3 aromatic rings. The van der Waals surface area contributed by atoms with Crippen molar-refractivity contribution in [3.63, 3.8) is 0 Å². The molecule has 5 nitrogen and oxygen atoms in total. The summed E-state index contributed by atoms with van der Waals surface area (Å²) in [5.74, 6) is 0.816. The van der Waals surface area contributed by atoms with E-state index in [1.807, 2.05) is 56.3 Å². The molecule has 2 aromatic carbocycles. The van der Waals surface area contributed by atoms with Crippen molar-refractivity contribution in [1.29, 1.82) is 0 Å². The quantitative estimate of drug-likeness (QED) is 0.398. The second-order valence-corrected chi connectivity index (χ2v) is 7.12. The molecule has 0 spiro atoms. The number of benzene rings is 2. The van der Waals surface area contributed by atoms with Crippen LogP contribution in [-0.2, 0) is 4.79 Å². The van der Waals surface area contributed by atoms with Crippen molar-refractivity contribution in [2.45, 2.75) is 18.7 Å². The van der Waals surface area contributed by atoms with Gasteiger partial charge in [0.2, 0.25) is 5.91 Å². The number of pyridine rings is 1. The number of hydrazone groups is 1. The topological polar surface area (TPSA) is 63.6 Å². The van der Waals surface area contributed by atoms with Crippen molar-refractivity contribution < 1.29 is 9.53 Å². The number of aryl methyl sites for hydroxylation is 2. The number of nitrogens with zero attached hydrogens (tertiary/aromatic N) is 2. The van der Waals surface area contributed by atoms with Crippen molar-refractivity contribution in [2.75, 3.05) is 12.9 Å². The van der Waals surface area contributed by atoms with Gasteiger partial charge in [0.1, 0.15) is 5.75 Å². The van der Waals surface area contributed by atoms with Gasteiger partial charge in [-0.2, -0.15) is 5.10 Å². The summed E-state index contributed by atoms with van der Waals surface area (Å²) in [6.07, 6.45) is 1.58. The van der Waals surface area contributed by atoms with Gasteiger partial charge in [0.15, 0.2) is 0 Å². The second-order valence-electron chi connectivity index (χ2n) is 6.11. The van der Waals surface area contributed by atoms with Crippen LogP contribution >= 0.6 is 11.8 Å². The third-order valence-electron chi connectivity index (χ3n) is 3.94. The van der Waals surface area contributed by atoms with Crippen LogP contribution in [0, 0.1) is 13.8 Å².